The lowest BCUT2D eigenvalue weighted by Gasteiger charge is -2.13. The minimum absolute atomic E-state index is 0.314. The third-order valence-corrected chi connectivity index (χ3v) is 3.52. The summed E-state index contributed by atoms with van der Waals surface area (Å²) >= 11 is 0. The van der Waals surface area contributed by atoms with Crippen LogP contribution in [0.3, 0.4) is 0 Å². The van der Waals surface area contributed by atoms with Gasteiger partial charge in [-0.2, -0.15) is 0 Å². The molecular formula is C16H25NO2. The van der Waals surface area contributed by atoms with Crippen molar-refractivity contribution in [3.05, 3.63) is 35.4 Å². The SMILES string of the molecule is CCNCCc1ccccc1COCC1CCCO1. The molecule has 1 fully saturated rings. The second kappa shape index (κ2) is 8.31. The van der Waals surface area contributed by atoms with Gasteiger partial charge in [0.2, 0.25) is 0 Å². The summed E-state index contributed by atoms with van der Waals surface area (Å²) in [5.41, 5.74) is 2.69. The summed E-state index contributed by atoms with van der Waals surface area (Å²) in [5.74, 6) is 0. The molecule has 0 saturated carbocycles. The monoisotopic (exact) mass is 263 g/mol. The normalized spacial score (nSPS) is 18.9. The molecule has 2 rings (SSSR count). The van der Waals surface area contributed by atoms with Crippen LogP contribution in [0.4, 0.5) is 0 Å². The highest BCUT2D eigenvalue weighted by Crippen LogP contribution is 2.14. The van der Waals surface area contributed by atoms with Crippen molar-refractivity contribution in [3.63, 3.8) is 0 Å². The molecule has 0 aromatic heterocycles. The van der Waals surface area contributed by atoms with Crippen LogP contribution in [-0.4, -0.2) is 32.4 Å². The quantitative estimate of drug-likeness (QED) is 0.731. The smallest absolute Gasteiger partial charge is 0.0809 e. The fraction of sp³-hybridized carbons (Fsp3) is 0.625. The van der Waals surface area contributed by atoms with Gasteiger partial charge in [0.05, 0.1) is 19.3 Å². The number of ether oxygens (including phenoxy) is 2. The summed E-state index contributed by atoms with van der Waals surface area (Å²) in [6, 6.07) is 8.55. The number of hydrogen-bond acceptors (Lipinski definition) is 3. The van der Waals surface area contributed by atoms with E-state index in [1.807, 2.05) is 0 Å². The third-order valence-electron chi connectivity index (χ3n) is 3.52. The zero-order valence-corrected chi connectivity index (χ0v) is 11.9. The molecular weight excluding hydrogens is 238 g/mol. The molecule has 3 heteroatoms. The predicted molar refractivity (Wildman–Crippen MR) is 77.3 cm³/mol. The minimum Gasteiger partial charge on any atom is -0.376 e. The molecule has 1 heterocycles. The van der Waals surface area contributed by atoms with Crippen molar-refractivity contribution in [1.82, 2.24) is 5.32 Å². The first-order chi connectivity index (χ1) is 9.40. The maximum absolute atomic E-state index is 5.81. The molecule has 1 unspecified atom stereocenters. The van der Waals surface area contributed by atoms with E-state index in [0.29, 0.717) is 12.7 Å². The van der Waals surface area contributed by atoms with Gasteiger partial charge in [-0.15, -0.1) is 0 Å². The van der Waals surface area contributed by atoms with E-state index < -0.39 is 0 Å². The fourth-order valence-electron chi connectivity index (χ4n) is 2.42. The maximum Gasteiger partial charge on any atom is 0.0809 e. The van der Waals surface area contributed by atoms with E-state index >= 15 is 0 Å². The van der Waals surface area contributed by atoms with Gasteiger partial charge in [0, 0.05) is 6.61 Å². The minimum atomic E-state index is 0.314. The van der Waals surface area contributed by atoms with E-state index in [1.54, 1.807) is 0 Å². The lowest BCUT2D eigenvalue weighted by Crippen LogP contribution is -2.17. The molecule has 1 aromatic carbocycles. The van der Waals surface area contributed by atoms with Crippen molar-refractivity contribution < 1.29 is 9.47 Å². The molecule has 0 radical (unpaired) electrons. The summed E-state index contributed by atoms with van der Waals surface area (Å²) in [4.78, 5) is 0. The van der Waals surface area contributed by atoms with Crippen molar-refractivity contribution in [1.29, 1.82) is 0 Å². The first-order valence-corrected chi connectivity index (χ1v) is 7.37. The van der Waals surface area contributed by atoms with E-state index in [2.05, 4.69) is 36.5 Å². The van der Waals surface area contributed by atoms with Crippen LogP contribution in [0.5, 0.6) is 0 Å². The zero-order chi connectivity index (χ0) is 13.3. The summed E-state index contributed by atoms with van der Waals surface area (Å²) in [5, 5.41) is 3.36. The van der Waals surface area contributed by atoms with Crippen LogP contribution in [0.25, 0.3) is 0 Å². The first kappa shape index (κ1) is 14.5. The Morgan fingerprint density at radius 3 is 2.89 bits per heavy atom. The predicted octanol–water partition coefficient (Wildman–Crippen LogP) is 2.53. The molecule has 3 nitrogen and oxygen atoms in total. The van der Waals surface area contributed by atoms with Gasteiger partial charge in [-0.1, -0.05) is 31.2 Å². The van der Waals surface area contributed by atoms with Crippen LogP contribution < -0.4 is 5.32 Å². The first-order valence-electron chi connectivity index (χ1n) is 7.37. The van der Waals surface area contributed by atoms with Gasteiger partial charge in [-0.3, -0.25) is 0 Å². The van der Waals surface area contributed by atoms with Crippen molar-refractivity contribution in [2.45, 2.75) is 38.9 Å². The van der Waals surface area contributed by atoms with Gasteiger partial charge < -0.3 is 14.8 Å². The second-order valence-corrected chi connectivity index (χ2v) is 5.02. The second-order valence-electron chi connectivity index (χ2n) is 5.02. The van der Waals surface area contributed by atoms with Crippen LogP contribution in [0, 0.1) is 0 Å². The number of hydrogen-bond donors (Lipinski definition) is 1. The van der Waals surface area contributed by atoms with Crippen molar-refractivity contribution in [2.24, 2.45) is 0 Å². The molecule has 1 atom stereocenters. The highest BCUT2D eigenvalue weighted by molar-refractivity contribution is 5.26. The van der Waals surface area contributed by atoms with Crippen LogP contribution in [-0.2, 0) is 22.5 Å². The highest BCUT2D eigenvalue weighted by Gasteiger charge is 2.15. The Morgan fingerprint density at radius 1 is 1.32 bits per heavy atom. The van der Waals surface area contributed by atoms with Gasteiger partial charge in [0.15, 0.2) is 0 Å². The lowest BCUT2D eigenvalue weighted by atomic mass is 10.1. The third kappa shape index (κ3) is 4.94. The van der Waals surface area contributed by atoms with Crippen LogP contribution >= 0.6 is 0 Å². The zero-order valence-electron chi connectivity index (χ0n) is 11.9. The molecule has 0 aliphatic carbocycles. The molecule has 0 spiro atoms. The van der Waals surface area contributed by atoms with E-state index in [0.717, 1.165) is 39.1 Å². The van der Waals surface area contributed by atoms with Crippen LogP contribution in [0.1, 0.15) is 30.9 Å². The van der Waals surface area contributed by atoms with Crippen molar-refractivity contribution >= 4 is 0 Å². The molecule has 0 amide bonds. The molecule has 1 saturated heterocycles. The Kier molecular flexibility index (Phi) is 6.34. The number of likely N-dealkylation sites (N-methyl/N-ethyl adjacent to an activating group) is 1. The summed E-state index contributed by atoms with van der Waals surface area (Å²) in [6.45, 7) is 6.50. The van der Waals surface area contributed by atoms with Gasteiger partial charge >= 0.3 is 0 Å². The average Bonchev–Trinajstić information content (AvgIpc) is 2.94. The standard InChI is InChI=1S/C16H25NO2/c1-2-17-10-9-14-6-3-4-7-15(14)12-18-13-16-8-5-11-19-16/h3-4,6-7,16-17H,2,5,8-13H2,1H3. The Bertz CT molecular complexity index is 362. The summed E-state index contributed by atoms with van der Waals surface area (Å²) in [7, 11) is 0. The molecule has 1 N–H and O–H groups in total. The molecule has 19 heavy (non-hydrogen) atoms. The summed E-state index contributed by atoms with van der Waals surface area (Å²) in [6.07, 6.45) is 3.69. The maximum atomic E-state index is 5.81. The summed E-state index contributed by atoms with van der Waals surface area (Å²) < 4.78 is 11.4. The van der Waals surface area contributed by atoms with Crippen molar-refractivity contribution in [3.8, 4) is 0 Å². The molecule has 1 aliphatic heterocycles. The van der Waals surface area contributed by atoms with Gasteiger partial charge in [0.1, 0.15) is 0 Å². The topological polar surface area (TPSA) is 30.5 Å². The molecule has 1 aliphatic rings. The van der Waals surface area contributed by atoms with Gasteiger partial charge in [-0.25, -0.2) is 0 Å². The Hall–Kier alpha value is -0.900. The van der Waals surface area contributed by atoms with Crippen LogP contribution in [0.2, 0.25) is 0 Å². The van der Waals surface area contributed by atoms with Gasteiger partial charge in [-0.05, 0) is 43.5 Å². The van der Waals surface area contributed by atoms with Crippen molar-refractivity contribution in [2.75, 3.05) is 26.3 Å². The molecule has 1 aromatic rings. The van der Waals surface area contributed by atoms with E-state index in [4.69, 9.17) is 9.47 Å². The van der Waals surface area contributed by atoms with E-state index in [1.165, 1.54) is 17.5 Å². The number of benzene rings is 1. The largest absolute Gasteiger partial charge is 0.376 e. The number of nitrogens with one attached hydrogen (secondary N) is 1. The van der Waals surface area contributed by atoms with Crippen LogP contribution in [0.15, 0.2) is 24.3 Å². The molecule has 0 bridgehead atoms. The van der Waals surface area contributed by atoms with E-state index in [-0.39, 0.29) is 0 Å². The van der Waals surface area contributed by atoms with Gasteiger partial charge in [0.25, 0.3) is 0 Å². The number of rotatable bonds is 8. The Balaban J connectivity index is 1.77. The van der Waals surface area contributed by atoms with E-state index in [9.17, 15) is 0 Å². The lowest BCUT2D eigenvalue weighted by molar-refractivity contribution is 0.0104. The molecule has 106 valence electrons. The fourth-order valence-corrected chi connectivity index (χ4v) is 2.42. The Morgan fingerprint density at radius 2 is 2.16 bits per heavy atom. The Labute approximate surface area is 116 Å². The highest BCUT2D eigenvalue weighted by atomic mass is 16.5. The average molecular weight is 263 g/mol.